The van der Waals surface area contributed by atoms with Crippen molar-refractivity contribution >= 4 is 17.5 Å². The Labute approximate surface area is 137 Å². The van der Waals surface area contributed by atoms with Crippen LogP contribution >= 0.6 is 0 Å². The first-order chi connectivity index (χ1) is 11.7. The fraction of sp³-hybridized carbons (Fsp3) is 0.0588. The van der Waals surface area contributed by atoms with E-state index in [1.54, 1.807) is 55.6 Å². The van der Waals surface area contributed by atoms with E-state index in [2.05, 4.69) is 20.8 Å². The fourth-order valence-corrected chi connectivity index (χ4v) is 2.12. The quantitative estimate of drug-likeness (QED) is 0.768. The van der Waals surface area contributed by atoms with Crippen molar-refractivity contribution < 1.29 is 14.0 Å². The molecule has 7 heteroatoms. The van der Waals surface area contributed by atoms with Crippen molar-refractivity contribution in [3.05, 3.63) is 66.1 Å². The van der Waals surface area contributed by atoms with Gasteiger partial charge in [0.25, 0.3) is 11.8 Å². The number of carbonyl (C=O) groups excluding carboxylic acids is 2. The highest BCUT2D eigenvalue weighted by Gasteiger charge is 2.09. The largest absolute Gasteiger partial charge is 0.423 e. The SMILES string of the molecule is CNC(=O)c1ccc(NC(=O)c2ccc(-c3nnco3)cc2)cc1. The van der Waals surface area contributed by atoms with E-state index in [4.69, 9.17) is 4.42 Å². The summed E-state index contributed by atoms with van der Waals surface area (Å²) >= 11 is 0. The van der Waals surface area contributed by atoms with E-state index in [-0.39, 0.29) is 11.8 Å². The van der Waals surface area contributed by atoms with Crippen molar-refractivity contribution in [1.82, 2.24) is 15.5 Å². The number of nitrogens with zero attached hydrogens (tertiary/aromatic N) is 2. The molecule has 2 amide bonds. The summed E-state index contributed by atoms with van der Waals surface area (Å²) in [7, 11) is 1.57. The zero-order chi connectivity index (χ0) is 16.9. The Kier molecular flexibility index (Phi) is 4.33. The van der Waals surface area contributed by atoms with E-state index in [1.807, 2.05) is 0 Å². The van der Waals surface area contributed by atoms with E-state index < -0.39 is 0 Å². The minimum atomic E-state index is -0.250. The maximum absolute atomic E-state index is 12.2. The lowest BCUT2D eigenvalue weighted by Gasteiger charge is -2.06. The Bertz CT molecular complexity index is 841. The number of carbonyl (C=O) groups is 2. The van der Waals surface area contributed by atoms with Gasteiger partial charge in [-0.15, -0.1) is 10.2 Å². The smallest absolute Gasteiger partial charge is 0.255 e. The van der Waals surface area contributed by atoms with Crippen LogP contribution < -0.4 is 10.6 Å². The van der Waals surface area contributed by atoms with Crippen LogP contribution in [0.5, 0.6) is 0 Å². The molecule has 0 radical (unpaired) electrons. The van der Waals surface area contributed by atoms with Gasteiger partial charge < -0.3 is 15.1 Å². The number of benzene rings is 2. The molecular formula is C17H14N4O3. The number of anilines is 1. The van der Waals surface area contributed by atoms with E-state index in [9.17, 15) is 9.59 Å². The van der Waals surface area contributed by atoms with Gasteiger partial charge in [0, 0.05) is 29.4 Å². The molecule has 0 atom stereocenters. The molecule has 0 unspecified atom stereocenters. The van der Waals surface area contributed by atoms with Crippen molar-refractivity contribution in [1.29, 1.82) is 0 Å². The first-order valence-corrected chi connectivity index (χ1v) is 7.17. The third-order valence-electron chi connectivity index (χ3n) is 3.39. The Morgan fingerprint density at radius 1 is 0.917 bits per heavy atom. The van der Waals surface area contributed by atoms with Crippen molar-refractivity contribution in [3.63, 3.8) is 0 Å². The van der Waals surface area contributed by atoms with E-state index >= 15 is 0 Å². The molecule has 0 fully saturated rings. The molecule has 7 nitrogen and oxygen atoms in total. The van der Waals surface area contributed by atoms with Crippen LogP contribution in [0.25, 0.3) is 11.5 Å². The summed E-state index contributed by atoms with van der Waals surface area (Å²) < 4.78 is 5.10. The lowest BCUT2D eigenvalue weighted by molar-refractivity contribution is 0.0962. The van der Waals surface area contributed by atoms with Gasteiger partial charge in [0.15, 0.2) is 0 Å². The molecule has 3 rings (SSSR count). The Hall–Kier alpha value is -3.48. The number of amides is 2. The normalized spacial score (nSPS) is 10.2. The monoisotopic (exact) mass is 322 g/mol. The molecule has 0 saturated carbocycles. The summed E-state index contributed by atoms with van der Waals surface area (Å²) in [5.41, 5.74) is 2.36. The van der Waals surface area contributed by atoms with Gasteiger partial charge in [-0.3, -0.25) is 9.59 Å². The van der Waals surface area contributed by atoms with Gasteiger partial charge in [-0.05, 0) is 48.5 Å². The average molecular weight is 322 g/mol. The number of aromatic nitrogens is 2. The highest BCUT2D eigenvalue weighted by molar-refractivity contribution is 6.04. The van der Waals surface area contributed by atoms with Crippen LogP contribution in [0.2, 0.25) is 0 Å². The van der Waals surface area contributed by atoms with Gasteiger partial charge in [0.2, 0.25) is 12.3 Å². The van der Waals surface area contributed by atoms with E-state index in [0.29, 0.717) is 22.7 Å². The lowest BCUT2D eigenvalue weighted by Crippen LogP contribution is -2.17. The summed E-state index contributed by atoms with van der Waals surface area (Å²) in [6, 6.07) is 13.5. The van der Waals surface area contributed by atoms with Crippen LogP contribution in [0.15, 0.2) is 59.3 Å². The molecular weight excluding hydrogens is 308 g/mol. The maximum atomic E-state index is 12.2. The van der Waals surface area contributed by atoms with E-state index in [0.717, 1.165) is 5.56 Å². The Morgan fingerprint density at radius 3 is 2.12 bits per heavy atom. The minimum Gasteiger partial charge on any atom is -0.423 e. The average Bonchev–Trinajstić information content (AvgIpc) is 3.16. The summed E-state index contributed by atoms with van der Waals surface area (Å²) in [5, 5.41) is 12.7. The second-order valence-corrected chi connectivity index (χ2v) is 4.93. The standard InChI is InChI=1S/C17H14N4O3/c1-18-15(22)11-6-8-14(9-7-11)20-16(23)12-2-4-13(5-3-12)17-21-19-10-24-17/h2-10H,1H3,(H,18,22)(H,20,23). The predicted octanol–water partition coefficient (Wildman–Crippen LogP) is 2.35. The van der Waals surface area contributed by atoms with Gasteiger partial charge in [-0.25, -0.2) is 0 Å². The van der Waals surface area contributed by atoms with Crippen LogP contribution in [0.1, 0.15) is 20.7 Å². The fourth-order valence-electron chi connectivity index (χ4n) is 2.12. The molecule has 2 aromatic carbocycles. The third-order valence-corrected chi connectivity index (χ3v) is 3.39. The van der Waals surface area contributed by atoms with Gasteiger partial charge in [0.05, 0.1) is 0 Å². The van der Waals surface area contributed by atoms with Crippen LogP contribution in [0.4, 0.5) is 5.69 Å². The molecule has 0 bridgehead atoms. The molecule has 24 heavy (non-hydrogen) atoms. The number of rotatable bonds is 4. The van der Waals surface area contributed by atoms with Crippen molar-refractivity contribution in [2.24, 2.45) is 0 Å². The third kappa shape index (κ3) is 3.30. The molecule has 3 aromatic rings. The Morgan fingerprint density at radius 2 is 1.54 bits per heavy atom. The molecule has 0 aliphatic carbocycles. The summed E-state index contributed by atoms with van der Waals surface area (Å²) in [6.45, 7) is 0. The summed E-state index contributed by atoms with van der Waals surface area (Å²) in [5.74, 6) is -0.0315. The van der Waals surface area contributed by atoms with E-state index in [1.165, 1.54) is 6.39 Å². The summed E-state index contributed by atoms with van der Waals surface area (Å²) in [6.07, 6.45) is 1.25. The molecule has 0 spiro atoms. The molecule has 120 valence electrons. The van der Waals surface area contributed by atoms with Gasteiger partial charge in [0.1, 0.15) is 0 Å². The minimum absolute atomic E-state index is 0.176. The number of hydrogen-bond donors (Lipinski definition) is 2. The second-order valence-electron chi connectivity index (χ2n) is 4.93. The van der Waals surface area contributed by atoms with Crippen LogP contribution in [-0.2, 0) is 0 Å². The predicted molar refractivity (Wildman–Crippen MR) is 87.5 cm³/mol. The van der Waals surface area contributed by atoms with Gasteiger partial charge in [-0.2, -0.15) is 0 Å². The maximum Gasteiger partial charge on any atom is 0.255 e. The van der Waals surface area contributed by atoms with Crippen molar-refractivity contribution in [2.45, 2.75) is 0 Å². The number of nitrogens with one attached hydrogen (secondary N) is 2. The topological polar surface area (TPSA) is 97.1 Å². The molecule has 0 saturated heterocycles. The van der Waals surface area contributed by atoms with Crippen LogP contribution in [0, 0.1) is 0 Å². The molecule has 2 N–H and O–H groups in total. The van der Waals surface area contributed by atoms with Crippen LogP contribution in [-0.4, -0.2) is 29.1 Å². The second kappa shape index (κ2) is 6.74. The first kappa shape index (κ1) is 15.4. The van der Waals surface area contributed by atoms with Crippen molar-refractivity contribution in [2.75, 3.05) is 12.4 Å². The molecule has 1 aromatic heterocycles. The molecule has 1 heterocycles. The van der Waals surface area contributed by atoms with Crippen molar-refractivity contribution in [3.8, 4) is 11.5 Å². The lowest BCUT2D eigenvalue weighted by atomic mass is 10.1. The van der Waals surface area contributed by atoms with Crippen LogP contribution in [0.3, 0.4) is 0 Å². The zero-order valence-corrected chi connectivity index (χ0v) is 12.8. The highest BCUT2D eigenvalue weighted by Crippen LogP contribution is 2.17. The Balaban J connectivity index is 1.69. The highest BCUT2D eigenvalue weighted by atomic mass is 16.4. The number of hydrogen-bond acceptors (Lipinski definition) is 5. The van der Waals surface area contributed by atoms with Gasteiger partial charge >= 0.3 is 0 Å². The molecule has 0 aliphatic heterocycles. The summed E-state index contributed by atoms with van der Waals surface area (Å²) in [4.78, 5) is 23.7. The zero-order valence-electron chi connectivity index (χ0n) is 12.8. The first-order valence-electron chi connectivity index (χ1n) is 7.17. The van der Waals surface area contributed by atoms with Gasteiger partial charge in [-0.1, -0.05) is 0 Å². The molecule has 0 aliphatic rings.